The first-order chi connectivity index (χ1) is 16.4. The fraction of sp³-hybridized carbons (Fsp3) is 0.269. The number of aromatic amines is 1. The van der Waals surface area contributed by atoms with Gasteiger partial charge in [-0.15, -0.1) is 0 Å². The molecule has 4 aromatic rings. The van der Waals surface area contributed by atoms with Crippen molar-refractivity contribution in [2.75, 3.05) is 13.1 Å². The first kappa shape index (κ1) is 21.8. The summed E-state index contributed by atoms with van der Waals surface area (Å²) in [4.78, 5) is 17.7. The lowest BCUT2D eigenvalue weighted by atomic mass is 10.0. The van der Waals surface area contributed by atoms with Crippen LogP contribution in [0.15, 0.2) is 59.4 Å². The molecule has 3 aromatic carbocycles. The third-order valence-electron chi connectivity index (χ3n) is 6.52. The van der Waals surface area contributed by atoms with Gasteiger partial charge in [-0.1, -0.05) is 24.3 Å². The van der Waals surface area contributed by atoms with Crippen LogP contribution in [0.2, 0.25) is 0 Å². The summed E-state index contributed by atoms with van der Waals surface area (Å²) in [5.41, 5.74) is 8.71. The topological polar surface area (TPSA) is 124 Å². The zero-order chi connectivity index (χ0) is 23.8. The van der Waals surface area contributed by atoms with Crippen molar-refractivity contribution in [2.45, 2.75) is 32.4 Å². The van der Waals surface area contributed by atoms with Gasteiger partial charge in [0.1, 0.15) is 17.7 Å². The number of likely N-dealkylation sites (tertiary alicyclic amines) is 1. The average Bonchev–Trinajstić information content (AvgIpc) is 3.13. The second kappa shape index (κ2) is 8.70. The summed E-state index contributed by atoms with van der Waals surface area (Å²) in [5, 5.41) is 17.5. The predicted octanol–water partition coefficient (Wildman–Crippen LogP) is 3.66. The van der Waals surface area contributed by atoms with Gasteiger partial charge in [0.25, 0.3) is 0 Å². The number of amidine groups is 2. The number of aromatic nitrogens is 2. The molecule has 8 heteroatoms. The maximum atomic E-state index is 12.7. The minimum absolute atomic E-state index is 0.0336. The highest BCUT2D eigenvalue weighted by Crippen LogP contribution is 2.24. The SMILES string of the molecule is CC(=N)N1CCC(Oc2ccc3[nH]c(=O)n(Cc4ccc5ccc(C(=N)N)cc5c4)c3c2)CC1. The Morgan fingerprint density at radius 2 is 1.82 bits per heavy atom. The minimum Gasteiger partial charge on any atom is -0.490 e. The quantitative estimate of drug-likeness (QED) is 0.270. The molecule has 34 heavy (non-hydrogen) atoms. The summed E-state index contributed by atoms with van der Waals surface area (Å²) in [7, 11) is 0. The monoisotopic (exact) mass is 456 g/mol. The zero-order valence-electron chi connectivity index (χ0n) is 19.1. The van der Waals surface area contributed by atoms with Gasteiger partial charge in [0.2, 0.25) is 0 Å². The Hall–Kier alpha value is -4.07. The molecule has 0 atom stereocenters. The number of benzene rings is 3. The summed E-state index contributed by atoms with van der Waals surface area (Å²) in [6, 6.07) is 17.5. The van der Waals surface area contributed by atoms with Crippen LogP contribution in [0.4, 0.5) is 0 Å². The standard InChI is InChI=1S/C26H28N6O2/c1-16(27)31-10-8-21(9-11-31)34-22-6-7-23-24(14-22)32(26(33)30-23)15-17-2-3-18-4-5-19(25(28)29)13-20(18)12-17/h2-7,12-14,21,27H,8-11,15H2,1H3,(H3,28,29)(H,30,33). The minimum atomic E-state index is -0.167. The molecule has 0 radical (unpaired) electrons. The number of imidazole rings is 1. The molecule has 0 unspecified atom stereocenters. The summed E-state index contributed by atoms with van der Waals surface area (Å²) >= 11 is 0. The first-order valence-corrected chi connectivity index (χ1v) is 11.4. The lowest BCUT2D eigenvalue weighted by molar-refractivity contribution is 0.130. The molecule has 1 aliphatic heterocycles. The Morgan fingerprint density at radius 3 is 2.56 bits per heavy atom. The van der Waals surface area contributed by atoms with Crippen molar-refractivity contribution in [3.05, 3.63) is 76.2 Å². The van der Waals surface area contributed by atoms with Crippen molar-refractivity contribution < 1.29 is 4.74 Å². The molecule has 1 aliphatic rings. The number of nitrogens with two attached hydrogens (primary N) is 1. The van der Waals surface area contributed by atoms with Gasteiger partial charge in [-0.2, -0.15) is 0 Å². The van der Waals surface area contributed by atoms with Crippen LogP contribution in [-0.4, -0.2) is 45.3 Å². The number of nitrogens with one attached hydrogen (secondary N) is 3. The van der Waals surface area contributed by atoms with E-state index < -0.39 is 0 Å². The molecule has 1 fully saturated rings. The maximum absolute atomic E-state index is 12.7. The van der Waals surface area contributed by atoms with Gasteiger partial charge in [-0.3, -0.25) is 15.4 Å². The largest absolute Gasteiger partial charge is 0.490 e. The van der Waals surface area contributed by atoms with Crippen molar-refractivity contribution in [3.63, 3.8) is 0 Å². The fourth-order valence-electron chi connectivity index (χ4n) is 4.61. The van der Waals surface area contributed by atoms with Gasteiger partial charge in [-0.05, 0) is 47.5 Å². The summed E-state index contributed by atoms with van der Waals surface area (Å²) in [5.74, 6) is 1.38. The molecule has 1 saturated heterocycles. The molecule has 174 valence electrons. The number of H-pyrrole nitrogens is 1. The van der Waals surface area contributed by atoms with E-state index in [1.54, 1.807) is 4.57 Å². The highest BCUT2D eigenvalue weighted by molar-refractivity contribution is 5.99. The van der Waals surface area contributed by atoms with E-state index in [4.69, 9.17) is 21.3 Å². The number of nitrogens with zero attached hydrogens (tertiary/aromatic N) is 2. The van der Waals surface area contributed by atoms with Crippen molar-refractivity contribution >= 4 is 33.5 Å². The third-order valence-corrected chi connectivity index (χ3v) is 6.52. The second-order valence-electron chi connectivity index (χ2n) is 8.89. The first-order valence-electron chi connectivity index (χ1n) is 11.4. The Balaban J connectivity index is 1.40. The molecule has 5 N–H and O–H groups in total. The molecule has 0 spiro atoms. The summed E-state index contributed by atoms with van der Waals surface area (Å²) in [6.07, 6.45) is 1.84. The number of rotatable bonds is 5. The van der Waals surface area contributed by atoms with Crippen LogP contribution in [-0.2, 0) is 6.54 Å². The molecule has 0 bridgehead atoms. The Kier molecular flexibility index (Phi) is 5.57. The van der Waals surface area contributed by atoms with Crippen LogP contribution >= 0.6 is 0 Å². The van der Waals surface area contributed by atoms with Gasteiger partial charge in [-0.25, -0.2) is 4.79 Å². The van der Waals surface area contributed by atoms with Crippen molar-refractivity contribution in [3.8, 4) is 5.75 Å². The maximum Gasteiger partial charge on any atom is 0.326 e. The van der Waals surface area contributed by atoms with E-state index in [0.717, 1.165) is 59.0 Å². The van der Waals surface area contributed by atoms with Crippen LogP contribution in [0, 0.1) is 10.8 Å². The lowest BCUT2D eigenvalue weighted by Gasteiger charge is -2.32. The molecular formula is C26H28N6O2. The third kappa shape index (κ3) is 4.26. The normalized spacial score (nSPS) is 14.6. The van der Waals surface area contributed by atoms with E-state index in [0.29, 0.717) is 17.9 Å². The summed E-state index contributed by atoms with van der Waals surface area (Å²) < 4.78 is 7.96. The van der Waals surface area contributed by atoms with Crippen LogP contribution < -0.4 is 16.2 Å². The Labute approximate surface area is 197 Å². The average molecular weight is 457 g/mol. The van der Waals surface area contributed by atoms with E-state index in [9.17, 15) is 4.79 Å². The van der Waals surface area contributed by atoms with Crippen LogP contribution in [0.1, 0.15) is 30.9 Å². The van der Waals surface area contributed by atoms with E-state index >= 15 is 0 Å². The molecule has 8 nitrogen and oxygen atoms in total. The van der Waals surface area contributed by atoms with Crippen molar-refractivity contribution in [1.82, 2.24) is 14.5 Å². The highest BCUT2D eigenvalue weighted by atomic mass is 16.5. The van der Waals surface area contributed by atoms with Gasteiger partial charge >= 0.3 is 5.69 Å². The van der Waals surface area contributed by atoms with Crippen molar-refractivity contribution in [1.29, 1.82) is 10.8 Å². The van der Waals surface area contributed by atoms with Gasteiger partial charge in [0, 0.05) is 37.6 Å². The number of ether oxygens (including phenoxy) is 1. The van der Waals surface area contributed by atoms with E-state index in [1.807, 2.05) is 61.5 Å². The molecular weight excluding hydrogens is 428 g/mol. The second-order valence-corrected chi connectivity index (χ2v) is 8.89. The van der Waals surface area contributed by atoms with E-state index in [-0.39, 0.29) is 17.6 Å². The molecule has 2 heterocycles. The predicted molar refractivity (Wildman–Crippen MR) is 135 cm³/mol. The van der Waals surface area contributed by atoms with Gasteiger partial charge < -0.3 is 20.4 Å². The molecule has 0 aliphatic carbocycles. The lowest BCUT2D eigenvalue weighted by Crippen LogP contribution is -2.40. The molecule has 0 saturated carbocycles. The van der Waals surface area contributed by atoms with Crippen LogP contribution in [0.3, 0.4) is 0 Å². The zero-order valence-corrected chi connectivity index (χ0v) is 19.1. The smallest absolute Gasteiger partial charge is 0.326 e. The molecule has 0 amide bonds. The Morgan fingerprint density at radius 1 is 1.06 bits per heavy atom. The number of hydrogen-bond donors (Lipinski definition) is 4. The van der Waals surface area contributed by atoms with Gasteiger partial charge in [0.05, 0.1) is 23.4 Å². The van der Waals surface area contributed by atoms with Crippen molar-refractivity contribution in [2.24, 2.45) is 5.73 Å². The van der Waals surface area contributed by atoms with Gasteiger partial charge in [0.15, 0.2) is 0 Å². The highest BCUT2D eigenvalue weighted by Gasteiger charge is 2.21. The summed E-state index contributed by atoms with van der Waals surface area (Å²) in [6.45, 7) is 3.88. The van der Waals surface area contributed by atoms with Crippen LogP contribution in [0.25, 0.3) is 21.8 Å². The van der Waals surface area contributed by atoms with E-state index in [2.05, 4.69) is 9.88 Å². The Bertz CT molecular complexity index is 1460. The fourth-order valence-corrected chi connectivity index (χ4v) is 4.61. The van der Waals surface area contributed by atoms with Crippen LogP contribution in [0.5, 0.6) is 5.75 Å². The number of fused-ring (bicyclic) bond motifs is 2. The van der Waals surface area contributed by atoms with E-state index in [1.165, 1.54) is 0 Å². The number of nitrogen functional groups attached to an aromatic ring is 1. The number of hydrogen-bond acceptors (Lipinski definition) is 4. The molecule has 1 aromatic heterocycles. The molecule has 5 rings (SSSR count). The number of piperidine rings is 1.